The van der Waals surface area contributed by atoms with Crippen LogP contribution in [0.25, 0.3) is 32.7 Å². The van der Waals surface area contributed by atoms with Crippen LogP contribution in [0.3, 0.4) is 0 Å². The summed E-state index contributed by atoms with van der Waals surface area (Å²) in [6, 6.07) is 41.0. The van der Waals surface area contributed by atoms with Crippen molar-refractivity contribution >= 4 is 46.2 Å². The number of carbonyl (C=O) groups excluding carboxylic acids is 4. The van der Waals surface area contributed by atoms with Gasteiger partial charge in [0.2, 0.25) is 0 Å². The number of amides is 2. The summed E-state index contributed by atoms with van der Waals surface area (Å²) >= 11 is 0. The SMILES string of the molecule is C=C(C)C.C=C(C)C(=O)OCCNC(=O)Oc1ccc2ccccc2c1C(C)(c1ccc(-c2ccccc2)cc1)c1c(OC(=O)NCCOC=O)ccc2ccccc12. The smallest absolute Gasteiger partial charge is 0.412 e. The van der Waals surface area contributed by atoms with Crippen LogP contribution in [0.5, 0.6) is 11.5 Å². The van der Waals surface area contributed by atoms with Crippen LogP contribution in [0.2, 0.25) is 0 Å². The average Bonchev–Trinajstić information content (AvgIpc) is 3.23. The summed E-state index contributed by atoms with van der Waals surface area (Å²) < 4.78 is 22.1. The van der Waals surface area contributed by atoms with Crippen LogP contribution < -0.4 is 20.1 Å². The number of hydrogen-bond acceptors (Lipinski definition) is 8. The van der Waals surface area contributed by atoms with Gasteiger partial charge in [-0.3, -0.25) is 4.79 Å². The van der Waals surface area contributed by atoms with E-state index in [0.29, 0.717) is 17.6 Å². The maximum Gasteiger partial charge on any atom is 0.412 e. The third kappa shape index (κ3) is 10.8. The molecule has 0 aliphatic heterocycles. The van der Waals surface area contributed by atoms with E-state index in [0.717, 1.165) is 38.2 Å². The number of ether oxygens (including phenoxy) is 4. The summed E-state index contributed by atoms with van der Waals surface area (Å²) in [7, 11) is 0. The monoisotopic (exact) mass is 792 g/mol. The third-order valence-electron chi connectivity index (χ3n) is 9.27. The molecule has 0 fully saturated rings. The number of rotatable bonds is 14. The summed E-state index contributed by atoms with van der Waals surface area (Å²) in [5, 5.41) is 8.70. The molecule has 0 aliphatic rings. The zero-order valence-electron chi connectivity index (χ0n) is 33.7. The largest absolute Gasteiger partial charge is 0.466 e. The predicted molar refractivity (Wildman–Crippen MR) is 232 cm³/mol. The molecule has 10 nitrogen and oxygen atoms in total. The Labute approximate surface area is 344 Å². The molecule has 0 aromatic heterocycles. The Morgan fingerprint density at radius 1 is 0.610 bits per heavy atom. The number of hydrogen-bond donors (Lipinski definition) is 2. The van der Waals surface area contributed by atoms with E-state index in [1.165, 1.54) is 5.57 Å². The van der Waals surface area contributed by atoms with E-state index >= 15 is 0 Å². The van der Waals surface area contributed by atoms with Gasteiger partial charge >= 0.3 is 18.2 Å². The van der Waals surface area contributed by atoms with E-state index in [1.54, 1.807) is 19.1 Å². The summed E-state index contributed by atoms with van der Waals surface area (Å²) in [5.41, 5.74) is 4.41. The number of allylic oxidation sites excluding steroid dienone is 1. The molecule has 1 unspecified atom stereocenters. The highest BCUT2D eigenvalue weighted by Crippen LogP contribution is 2.51. The van der Waals surface area contributed by atoms with Gasteiger partial charge in [-0.2, -0.15) is 0 Å². The van der Waals surface area contributed by atoms with Crippen molar-refractivity contribution in [1.82, 2.24) is 10.6 Å². The minimum atomic E-state index is -1.15. The number of fused-ring (bicyclic) bond motifs is 2. The Balaban J connectivity index is 0.00000158. The molecule has 0 saturated heterocycles. The van der Waals surface area contributed by atoms with Crippen molar-refractivity contribution < 1.29 is 38.1 Å². The fraction of sp³-hybridized carbons (Fsp3) is 0.184. The van der Waals surface area contributed by atoms with Gasteiger partial charge in [0.1, 0.15) is 24.7 Å². The maximum atomic E-state index is 13.5. The first-order chi connectivity index (χ1) is 28.4. The van der Waals surface area contributed by atoms with Crippen molar-refractivity contribution in [3.05, 3.63) is 168 Å². The Kier molecular flexibility index (Phi) is 14.8. The van der Waals surface area contributed by atoms with E-state index in [-0.39, 0.29) is 43.4 Å². The van der Waals surface area contributed by atoms with Gasteiger partial charge in [-0.05, 0) is 78.1 Å². The van der Waals surface area contributed by atoms with Crippen molar-refractivity contribution in [3.8, 4) is 22.6 Å². The molecular formula is C49H48N2O8. The molecule has 0 spiro atoms. The highest BCUT2D eigenvalue weighted by molar-refractivity contribution is 5.96. The quantitative estimate of drug-likeness (QED) is 0.0279. The highest BCUT2D eigenvalue weighted by Gasteiger charge is 2.40. The van der Waals surface area contributed by atoms with Crippen molar-refractivity contribution in [2.24, 2.45) is 0 Å². The Morgan fingerprint density at radius 2 is 1.07 bits per heavy atom. The van der Waals surface area contributed by atoms with Gasteiger partial charge in [-0.1, -0.05) is 127 Å². The Bertz CT molecular complexity index is 2460. The van der Waals surface area contributed by atoms with Crippen molar-refractivity contribution in [3.63, 3.8) is 0 Å². The molecule has 0 heterocycles. The molecule has 0 saturated carbocycles. The van der Waals surface area contributed by atoms with E-state index in [2.05, 4.69) is 23.8 Å². The lowest BCUT2D eigenvalue weighted by Crippen LogP contribution is -2.34. The van der Waals surface area contributed by atoms with Gasteiger partial charge in [0.15, 0.2) is 0 Å². The molecule has 302 valence electrons. The molecular weight excluding hydrogens is 745 g/mol. The number of benzene rings is 6. The van der Waals surface area contributed by atoms with Crippen LogP contribution >= 0.6 is 0 Å². The first kappa shape index (κ1) is 42.9. The summed E-state index contributed by atoms with van der Waals surface area (Å²) in [6.07, 6.45) is -1.50. The van der Waals surface area contributed by atoms with Crippen LogP contribution in [-0.2, 0) is 24.5 Å². The minimum Gasteiger partial charge on any atom is -0.466 e. The molecule has 0 aliphatic carbocycles. The first-order valence-corrected chi connectivity index (χ1v) is 19.1. The molecule has 1 atom stereocenters. The second-order valence-corrected chi connectivity index (χ2v) is 14.1. The third-order valence-corrected chi connectivity index (χ3v) is 9.27. The van der Waals surface area contributed by atoms with E-state index in [4.69, 9.17) is 18.9 Å². The number of esters is 1. The second-order valence-electron chi connectivity index (χ2n) is 14.1. The van der Waals surface area contributed by atoms with Gasteiger partial charge in [-0.25, -0.2) is 14.4 Å². The molecule has 59 heavy (non-hydrogen) atoms. The lowest BCUT2D eigenvalue weighted by Gasteiger charge is -2.36. The zero-order chi connectivity index (χ0) is 42.4. The highest BCUT2D eigenvalue weighted by atomic mass is 16.6. The number of carbonyl (C=O) groups is 4. The van der Waals surface area contributed by atoms with Crippen LogP contribution in [0.15, 0.2) is 152 Å². The van der Waals surface area contributed by atoms with Crippen molar-refractivity contribution in [1.29, 1.82) is 0 Å². The van der Waals surface area contributed by atoms with E-state index in [1.807, 2.05) is 136 Å². The molecule has 2 amide bonds. The molecule has 6 aromatic carbocycles. The Morgan fingerprint density at radius 3 is 1.56 bits per heavy atom. The molecule has 2 N–H and O–H groups in total. The van der Waals surface area contributed by atoms with Gasteiger partial charge in [0, 0.05) is 16.7 Å². The molecule has 6 rings (SSSR count). The van der Waals surface area contributed by atoms with Crippen LogP contribution in [-0.4, -0.2) is 50.9 Å². The van der Waals surface area contributed by atoms with Gasteiger partial charge < -0.3 is 29.6 Å². The molecule has 0 bridgehead atoms. The standard InChI is InChI=1S/C45H40N2O8.C4H8/c1-30(2)42(49)53-28-26-47-44(51)55-39-24-20-34-14-8-10-16-37(34)41(39)45(3,35-21-17-32(18-22-35)31-11-5-4-6-12-31)40-36-15-9-7-13-33(36)19-23-38(40)54-43(50)46-25-27-52-29-48;1-4(2)3/h4-24,29H,1,25-28H2,2-3H3,(H,46,50)(H,47,51);1H2,2-3H3. The zero-order valence-corrected chi connectivity index (χ0v) is 33.7. The van der Waals surface area contributed by atoms with Crippen LogP contribution in [0.4, 0.5) is 9.59 Å². The van der Waals surface area contributed by atoms with E-state index in [9.17, 15) is 19.2 Å². The van der Waals surface area contributed by atoms with Gasteiger partial charge in [0.25, 0.3) is 6.47 Å². The fourth-order valence-corrected chi connectivity index (χ4v) is 6.70. The summed E-state index contributed by atoms with van der Waals surface area (Å²) in [6.45, 7) is 14.9. The fourth-order valence-electron chi connectivity index (χ4n) is 6.70. The van der Waals surface area contributed by atoms with Crippen molar-refractivity contribution in [2.45, 2.75) is 33.1 Å². The molecule has 10 heteroatoms. The normalized spacial score (nSPS) is 11.5. The number of nitrogens with one attached hydrogen (secondary N) is 2. The Hall–Kier alpha value is -7.20. The van der Waals surface area contributed by atoms with Gasteiger partial charge in [-0.15, -0.1) is 6.58 Å². The molecule has 0 radical (unpaired) electrons. The lowest BCUT2D eigenvalue weighted by molar-refractivity contribution is -0.138. The van der Waals surface area contributed by atoms with Crippen LogP contribution in [0.1, 0.15) is 44.4 Å². The predicted octanol–water partition coefficient (Wildman–Crippen LogP) is 10.1. The van der Waals surface area contributed by atoms with Crippen LogP contribution in [0, 0.1) is 0 Å². The summed E-state index contributed by atoms with van der Waals surface area (Å²) in [4.78, 5) is 49.3. The topological polar surface area (TPSA) is 129 Å². The minimum absolute atomic E-state index is 0.00724. The lowest BCUT2D eigenvalue weighted by atomic mass is 9.67. The average molecular weight is 793 g/mol. The van der Waals surface area contributed by atoms with Crippen molar-refractivity contribution in [2.75, 3.05) is 26.3 Å². The molecule has 6 aromatic rings. The van der Waals surface area contributed by atoms with E-state index < -0.39 is 23.6 Å². The van der Waals surface area contributed by atoms with Gasteiger partial charge in [0.05, 0.1) is 18.5 Å². The maximum absolute atomic E-state index is 13.5. The first-order valence-electron chi connectivity index (χ1n) is 19.1. The summed E-state index contributed by atoms with van der Waals surface area (Å²) in [5.74, 6) is -0.0268. The second kappa shape index (κ2) is 20.3.